The first-order chi connectivity index (χ1) is 14.5. The molecular weight excluding hydrogens is 392 g/mol. The Morgan fingerprint density at radius 1 is 1.30 bits per heavy atom. The van der Waals surface area contributed by atoms with Gasteiger partial charge in [-0.1, -0.05) is 18.6 Å². The molecule has 4 rings (SSSR count). The number of fused-ring (bicyclic) bond motifs is 1. The summed E-state index contributed by atoms with van der Waals surface area (Å²) < 4.78 is 5.43. The van der Waals surface area contributed by atoms with Gasteiger partial charge < -0.3 is 20.7 Å². The summed E-state index contributed by atoms with van der Waals surface area (Å²) in [6.07, 6.45) is 8.60. The predicted molar refractivity (Wildman–Crippen MR) is 108 cm³/mol. The van der Waals surface area contributed by atoms with Crippen molar-refractivity contribution < 1.29 is 34.9 Å². The molecule has 2 unspecified atom stereocenters. The minimum Gasteiger partial charge on any atom is -0.508 e. The van der Waals surface area contributed by atoms with E-state index in [0.29, 0.717) is 18.3 Å². The van der Waals surface area contributed by atoms with Crippen LogP contribution in [0, 0.1) is 16.7 Å². The fourth-order valence-corrected chi connectivity index (χ4v) is 5.26. The van der Waals surface area contributed by atoms with Crippen molar-refractivity contribution >= 4 is 5.97 Å². The average Bonchev–Trinajstić information content (AvgIpc) is 2.75. The van der Waals surface area contributed by atoms with Gasteiger partial charge in [-0.2, -0.15) is 4.84 Å². The Bertz CT molecular complexity index is 783. The maximum absolute atomic E-state index is 11.8. The van der Waals surface area contributed by atoms with E-state index in [0.717, 1.165) is 26.4 Å². The minimum absolute atomic E-state index is 0.142. The van der Waals surface area contributed by atoms with Crippen LogP contribution in [0.4, 0.5) is 0 Å². The van der Waals surface area contributed by atoms with Gasteiger partial charge in [-0.15, -0.1) is 0 Å². The molecule has 0 amide bonds. The van der Waals surface area contributed by atoms with Crippen molar-refractivity contribution in [2.45, 2.75) is 43.6 Å². The second-order valence-electron chi connectivity index (χ2n) is 7.51. The number of aliphatic hydroxyl groups is 1. The van der Waals surface area contributed by atoms with E-state index >= 15 is 0 Å². The Hall–Kier alpha value is -2.65. The van der Waals surface area contributed by atoms with E-state index in [4.69, 9.17) is 15.1 Å². The van der Waals surface area contributed by atoms with Crippen LogP contribution in [0.15, 0.2) is 30.4 Å². The number of nitrogens with zero attached hydrogens (tertiary/aromatic N) is 1. The highest BCUT2D eigenvalue weighted by Gasteiger charge is 2.52. The van der Waals surface area contributed by atoms with Crippen LogP contribution >= 0.6 is 0 Å². The first-order valence-electron chi connectivity index (χ1n) is 9.99. The first kappa shape index (κ1) is 23.6. The number of aromatic hydroxyl groups is 1. The number of phenolic OH excluding ortho intramolecular Hbond substituents is 1. The number of phenols is 1. The number of hydrogen-bond donors (Lipinski definition) is 4. The highest BCUT2D eigenvalue weighted by molar-refractivity contribution is 5.71. The third-order valence-electron chi connectivity index (χ3n) is 6.13. The Labute approximate surface area is 175 Å². The molecule has 5 N–H and O–H groups in total. The van der Waals surface area contributed by atoms with Crippen LogP contribution in [-0.4, -0.2) is 53.3 Å². The smallest absolute Gasteiger partial charge is 0.475 e. The molecule has 3 aliphatic rings. The quantitative estimate of drug-likeness (QED) is 0.326. The topological polar surface area (TPSA) is 142 Å². The summed E-state index contributed by atoms with van der Waals surface area (Å²) in [5.41, 5.74) is 6.80. The summed E-state index contributed by atoms with van der Waals surface area (Å²) in [6, 6.07) is 5.62. The molecule has 166 valence electrons. The largest absolute Gasteiger partial charge is 0.508 e. The van der Waals surface area contributed by atoms with Crippen LogP contribution in [0.25, 0.3) is 0 Å². The lowest BCUT2D eigenvalue weighted by Crippen LogP contribution is -2.50. The molecule has 1 saturated carbocycles. The third kappa shape index (κ3) is 4.73. The van der Waals surface area contributed by atoms with Crippen LogP contribution in [0.3, 0.4) is 0 Å². The zero-order valence-corrected chi connectivity index (χ0v) is 17.4. The summed E-state index contributed by atoms with van der Waals surface area (Å²) in [5.74, 6) is 0.506. The van der Waals surface area contributed by atoms with Gasteiger partial charge in [0.1, 0.15) is 16.8 Å². The van der Waals surface area contributed by atoms with E-state index in [1.807, 2.05) is 18.2 Å². The van der Waals surface area contributed by atoms with Gasteiger partial charge in [0.2, 0.25) is 0 Å². The molecule has 0 aromatic heterocycles. The number of carbonyl (C=O) groups excluding carboxylic acids is 1. The van der Waals surface area contributed by atoms with Crippen LogP contribution in [-0.2, 0) is 26.2 Å². The standard InChI is InChI=1S/C19H21NO6.CH5N.CH4O/c21-14-4-3-13-8-12-2-1-7-19(17(13)9-14)10-15(5-6-16(12)19)26-18(22)11-25-20(23)24;2*1-2/h3-6,9,12,15-16H,1-2,7-8,10-11H2,(H-,21,23,24);2H2,1H3;2H,1H3/p+1/t12-,15+,16?,19?;;/m1../s1. The number of benzene rings is 1. The van der Waals surface area contributed by atoms with E-state index in [9.17, 15) is 14.8 Å². The number of aliphatic hydroxyl groups excluding tert-OH is 1. The summed E-state index contributed by atoms with van der Waals surface area (Å²) in [5, 5.41) is 24.7. The highest BCUT2D eigenvalue weighted by atomic mass is 17.0. The lowest BCUT2D eigenvalue weighted by Gasteiger charge is -2.54. The second-order valence-corrected chi connectivity index (χ2v) is 7.51. The molecule has 0 saturated heterocycles. The molecule has 3 aliphatic carbocycles. The van der Waals surface area contributed by atoms with Gasteiger partial charge >= 0.3 is 11.1 Å². The fourth-order valence-electron chi connectivity index (χ4n) is 5.26. The Kier molecular flexibility index (Phi) is 8.19. The van der Waals surface area contributed by atoms with Crippen LogP contribution in [0.1, 0.15) is 36.8 Å². The molecule has 0 aliphatic heterocycles. The van der Waals surface area contributed by atoms with Gasteiger partial charge in [-0.3, -0.25) is 0 Å². The summed E-state index contributed by atoms with van der Waals surface area (Å²) >= 11 is 0. The molecule has 30 heavy (non-hydrogen) atoms. The van der Waals surface area contributed by atoms with Crippen molar-refractivity contribution in [3.8, 4) is 5.75 Å². The monoisotopic (exact) mass is 423 g/mol. The van der Waals surface area contributed by atoms with Crippen molar-refractivity contribution in [1.82, 2.24) is 0 Å². The molecule has 0 spiro atoms. The van der Waals surface area contributed by atoms with Crippen molar-refractivity contribution in [2.24, 2.45) is 17.6 Å². The fraction of sp³-hybridized carbons (Fsp3) is 0.571. The van der Waals surface area contributed by atoms with Gasteiger partial charge in [-0.25, -0.2) is 10.0 Å². The summed E-state index contributed by atoms with van der Waals surface area (Å²) in [7, 11) is 2.50. The molecule has 2 bridgehead atoms. The zero-order valence-electron chi connectivity index (χ0n) is 17.4. The predicted octanol–water partition coefficient (Wildman–Crippen LogP) is 1.76. The molecule has 1 aromatic carbocycles. The molecule has 9 nitrogen and oxygen atoms in total. The van der Waals surface area contributed by atoms with Crippen LogP contribution in [0.5, 0.6) is 5.75 Å². The van der Waals surface area contributed by atoms with Crippen LogP contribution in [0.2, 0.25) is 0 Å². The number of ether oxygens (including phenoxy) is 1. The normalized spacial score (nSPS) is 27.7. The van der Waals surface area contributed by atoms with E-state index in [1.54, 1.807) is 6.07 Å². The number of nitrogens with two attached hydrogens (primary N) is 1. The number of esters is 1. The SMILES string of the molecule is CN.CO.O=C(CO[N+](=O)O)O[C@H]1C=CC2[C@@H]3CCCC2(C1)c1cc(O)ccc1C3. The van der Waals surface area contributed by atoms with E-state index < -0.39 is 23.8 Å². The maximum Gasteiger partial charge on any atom is 0.475 e. The van der Waals surface area contributed by atoms with E-state index in [2.05, 4.69) is 16.6 Å². The summed E-state index contributed by atoms with van der Waals surface area (Å²) in [6.45, 7) is -0.638. The lowest BCUT2D eigenvalue weighted by atomic mass is 9.50. The second kappa shape index (κ2) is 10.4. The molecule has 1 aromatic rings. The Morgan fingerprint density at radius 2 is 2.03 bits per heavy atom. The number of hydrogen-bond acceptors (Lipinski definition) is 7. The molecule has 1 fully saturated rings. The zero-order chi connectivity index (χ0) is 22.3. The number of rotatable bonds is 4. The molecule has 0 heterocycles. The minimum atomic E-state index is -0.751. The highest BCUT2D eigenvalue weighted by Crippen LogP contribution is 2.57. The number of allylic oxidation sites excluding steroid dienone is 1. The Balaban J connectivity index is 0.000000757. The van der Waals surface area contributed by atoms with Gasteiger partial charge in [0.05, 0.1) is 0 Å². The van der Waals surface area contributed by atoms with E-state index in [-0.39, 0.29) is 11.2 Å². The van der Waals surface area contributed by atoms with E-state index in [1.165, 1.54) is 24.6 Å². The van der Waals surface area contributed by atoms with Gasteiger partial charge in [0.15, 0.2) is 0 Å². The van der Waals surface area contributed by atoms with Gasteiger partial charge in [-0.05, 0) is 73.9 Å². The molecular formula is C21H31N2O7+. The van der Waals surface area contributed by atoms with Crippen molar-refractivity contribution in [3.05, 3.63) is 46.4 Å². The molecule has 0 radical (unpaired) electrons. The lowest BCUT2D eigenvalue weighted by molar-refractivity contribution is -0.974. The van der Waals surface area contributed by atoms with Crippen molar-refractivity contribution in [3.63, 3.8) is 0 Å². The van der Waals surface area contributed by atoms with Gasteiger partial charge in [0, 0.05) is 12.5 Å². The first-order valence-corrected chi connectivity index (χ1v) is 9.99. The molecule has 9 heteroatoms. The van der Waals surface area contributed by atoms with Crippen molar-refractivity contribution in [1.29, 1.82) is 0 Å². The number of carbonyl (C=O) groups is 1. The Morgan fingerprint density at radius 3 is 2.73 bits per heavy atom. The van der Waals surface area contributed by atoms with Gasteiger partial charge in [0.25, 0.3) is 6.61 Å². The maximum atomic E-state index is 11.8. The van der Waals surface area contributed by atoms with Crippen molar-refractivity contribution in [2.75, 3.05) is 20.8 Å². The average molecular weight is 423 g/mol. The summed E-state index contributed by atoms with van der Waals surface area (Å²) in [4.78, 5) is 26.4. The van der Waals surface area contributed by atoms with Crippen LogP contribution < -0.4 is 5.73 Å². The molecule has 4 atom stereocenters. The third-order valence-corrected chi connectivity index (χ3v) is 6.13.